The number of halogens is 1. The third kappa shape index (κ3) is 3.08. The van der Waals surface area contributed by atoms with E-state index in [9.17, 15) is 0 Å². The zero-order valence-electron chi connectivity index (χ0n) is 11.7. The predicted octanol–water partition coefficient (Wildman–Crippen LogP) is 5.38. The van der Waals surface area contributed by atoms with Crippen LogP contribution in [0.5, 0.6) is 0 Å². The molecule has 0 aliphatic heterocycles. The van der Waals surface area contributed by atoms with Crippen molar-refractivity contribution in [1.82, 2.24) is 5.32 Å². The molecule has 1 heterocycles. The maximum atomic E-state index is 3.78. The molecule has 0 aromatic carbocycles. The van der Waals surface area contributed by atoms with Gasteiger partial charge in [-0.25, -0.2) is 0 Å². The van der Waals surface area contributed by atoms with Gasteiger partial charge in [-0.1, -0.05) is 13.3 Å². The van der Waals surface area contributed by atoms with Crippen molar-refractivity contribution in [3.63, 3.8) is 0 Å². The van der Waals surface area contributed by atoms with Crippen LogP contribution in [0.25, 0.3) is 0 Å². The van der Waals surface area contributed by atoms with E-state index in [2.05, 4.69) is 39.6 Å². The van der Waals surface area contributed by atoms with Crippen LogP contribution in [-0.2, 0) is 0 Å². The van der Waals surface area contributed by atoms with Gasteiger partial charge in [0.05, 0.1) is 0 Å². The van der Waals surface area contributed by atoms with Crippen LogP contribution in [0, 0.1) is 17.8 Å². The van der Waals surface area contributed by atoms with Gasteiger partial charge in [-0.15, -0.1) is 11.3 Å². The average Bonchev–Trinajstić information content (AvgIpc) is 3.10. The van der Waals surface area contributed by atoms with Gasteiger partial charge < -0.3 is 5.32 Å². The molecule has 0 amide bonds. The van der Waals surface area contributed by atoms with E-state index in [-0.39, 0.29) is 0 Å². The van der Waals surface area contributed by atoms with Crippen LogP contribution in [0.1, 0.15) is 56.4 Å². The third-order valence-corrected chi connectivity index (χ3v) is 7.01. The Morgan fingerprint density at radius 1 is 1.42 bits per heavy atom. The van der Waals surface area contributed by atoms with Gasteiger partial charge >= 0.3 is 0 Å². The van der Waals surface area contributed by atoms with Crippen molar-refractivity contribution in [1.29, 1.82) is 0 Å². The first kappa shape index (κ1) is 14.1. The predicted molar refractivity (Wildman–Crippen MR) is 86.6 cm³/mol. The SMILES string of the molecule is CCCNC(CC1CC2CCC1C2)c1sccc1Br. The Balaban J connectivity index is 1.67. The molecule has 1 aromatic heterocycles. The van der Waals surface area contributed by atoms with E-state index in [1.165, 1.54) is 47.9 Å². The number of nitrogens with one attached hydrogen (secondary N) is 1. The van der Waals surface area contributed by atoms with Gasteiger partial charge in [0.1, 0.15) is 0 Å². The molecular weight excluding hydrogens is 318 g/mol. The summed E-state index contributed by atoms with van der Waals surface area (Å²) < 4.78 is 1.30. The average molecular weight is 342 g/mol. The summed E-state index contributed by atoms with van der Waals surface area (Å²) >= 11 is 5.62. The highest BCUT2D eigenvalue weighted by molar-refractivity contribution is 9.10. The lowest BCUT2D eigenvalue weighted by Crippen LogP contribution is -2.25. The molecule has 1 N–H and O–H groups in total. The van der Waals surface area contributed by atoms with Gasteiger partial charge in [-0.3, -0.25) is 0 Å². The van der Waals surface area contributed by atoms with E-state index in [0.717, 1.165) is 24.3 Å². The monoisotopic (exact) mass is 341 g/mol. The first-order valence-corrected chi connectivity index (χ1v) is 9.41. The van der Waals surface area contributed by atoms with E-state index in [1.54, 1.807) is 0 Å². The van der Waals surface area contributed by atoms with Gasteiger partial charge in [-0.2, -0.15) is 0 Å². The molecule has 0 radical (unpaired) electrons. The van der Waals surface area contributed by atoms with Crippen LogP contribution in [-0.4, -0.2) is 6.54 Å². The summed E-state index contributed by atoms with van der Waals surface area (Å²) in [7, 11) is 0. The van der Waals surface area contributed by atoms with Crippen LogP contribution in [0.3, 0.4) is 0 Å². The number of fused-ring (bicyclic) bond motifs is 2. The molecule has 2 saturated carbocycles. The molecule has 2 aliphatic carbocycles. The van der Waals surface area contributed by atoms with Gasteiger partial charge in [-0.05, 0) is 83.8 Å². The number of thiophene rings is 1. The second kappa shape index (κ2) is 6.28. The zero-order chi connectivity index (χ0) is 13.2. The summed E-state index contributed by atoms with van der Waals surface area (Å²) in [5.74, 6) is 3.07. The maximum absolute atomic E-state index is 3.78. The summed E-state index contributed by atoms with van der Waals surface area (Å²) in [5.41, 5.74) is 0. The topological polar surface area (TPSA) is 12.0 Å². The number of hydrogen-bond donors (Lipinski definition) is 1. The Morgan fingerprint density at radius 3 is 2.89 bits per heavy atom. The molecular formula is C16H24BrNS. The molecule has 2 aliphatic rings. The Bertz CT molecular complexity index is 417. The first-order chi connectivity index (χ1) is 9.28. The maximum Gasteiger partial charge on any atom is 0.0428 e. The highest BCUT2D eigenvalue weighted by Crippen LogP contribution is 2.51. The first-order valence-electron chi connectivity index (χ1n) is 7.74. The largest absolute Gasteiger partial charge is 0.309 e. The Morgan fingerprint density at radius 2 is 2.32 bits per heavy atom. The molecule has 2 bridgehead atoms. The number of hydrogen-bond acceptors (Lipinski definition) is 2. The van der Waals surface area contributed by atoms with Crippen LogP contribution in [0.4, 0.5) is 0 Å². The van der Waals surface area contributed by atoms with Crippen LogP contribution >= 0.6 is 27.3 Å². The normalized spacial score (nSPS) is 30.9. The molecule has 0 spiro atoms. The molecule has 2 fully saturated rings. The van der Waals surface area contributed by atoms with Crippen molar-refractivity contribution in [2.75, 3.05) is 6.54 Å². The lowest BCUT2D eigenvalue weighted by atomic mass is 9.84. The second-order valence-electron chi connectivity index (χ2n) is 6.31. The van der Waals surface area contributed by atoms with Gasteiger partial charge in [0, 0.05) is 15.4 Å². The molecule has 1 aromatic rings. The summed E-state index contributed by atoms with van der Waals surface area (Å²) in [6.45, 7) is 3.39. The lowest BCUT2D eigenvalue weighted by Gasteiger charge is -2.27. The molecule has 3 rings (SSSR count). The van der Waals surface area contributed by atoms with Crippen molar-refractivity contribution in [3.8, 4) is 0 Å². The highest BCUT2D eigenvalue weighted by atomic mass is 79.9. The standard InChI is InChI=1S/C16H24BrNS/c1-2-6-18-15(16-14(17)5-7-19-16)10-13-9-11-3-4-12(13)8-11/h5,7,11-13,15,18H,2-4,6,8-10H2,1H3. The van der Waals surface area contributed by atoms with E-state index in [4.69, 9.17) is 0 Å². The Hall–Kier alpha value is 0.140. The molecule has 4 unspecified atom stereocenters. The van der Waals surface area contributed by atoms with Crippen molar-refractivity contribution in [2.24, 2.45) is 17.8 Å². The lowest BCUT2D eigenvalue weighted by molar-refractivity contribution is 0.280. The minimum Gasteiger partial charge on any atom is -0.309 e. The quantitative estimate of drug-likeness (QED) is 0.732. The van der Waals surface area contributed by atoms with Gasteiger partial charge in [0.2, 0.25) is 0 Å². The second-order valence-corrected chi connectivity index (χ2v) is 8.11. The molecule has 106 valence electrons. The van der Waals surface area contributed by atoms with Crippen LogP contribution < -0.4 is 5.32 Å². The fourth-order valence-corrected chi connectivity index (χ4v) is 5.86. The zero-order valence-corrected chi connectivity index (χ0v) is 14.1. The summed E-state index contributed by atoms with van der Waals surface area (Å²) in [4.78, 5) is 1.51. The highest BCUT2D eigenvalue weighted by Gasteiger charge is 2.40. The van der Waals surface area contributed by atoms with E-state index in [1.807, 2.05) is 11.3 Å². The third-order valence-electron chi connectivity index (χ3n) is 5.02. The van der Waals surface area contributed by atoms with Crippen molar-refractivity contribution >= 4 is 27.3 Å². The summed E-state index contributed by atoms with van der Waals surface area (Å²) in [6, 6.07) is 2.76. The molecule has 0 saturated heterocycles. The molecule has 1 nitrogen and oxygen atoms in total. The van der Waals surface area contributed by atoms with E-state index < -0.39 is 0 Å². The number of rotatable bonds is 6. The Labute approximate surface area is 129 Å². The van der Waals surface area contributed by atoms with Gasteiger partial charge in [0.25, 0.3) is 0 Å². The van der Waals surface area contributed by atoms with E-state index in [0.29, 0.717) is 6.04 Å². The molecule has 19 heavy (non-hydrogen) atoms. The fraction of sp³-hybridized carbons (Fsp3) is 0.750. The van der Waals surface area contributed by atoms with E-state index >= 15 is 0 Å². The molecule has 4 atom stereocenters. The van der Waals surface area contributed by atoms with Crippen LogP contribution in [0.15, 0.2) is 15.9 Å². The smallest absolute Gasteiger partial charge is 0.0428 e. The van der Waals surface area contributed by atoms with Gasteiger partial charge in [0.15, 0.2) is 0 Å². The minimum absolute atomic E-state index is 0.568. The molecule has 3 heteroatoms. The van der Waals surface area contributed by atoms with Crippen molar-refractivity contribution in [2.45, 2.75) is 51.5 Å². The minimum atomic E-state index is 0.568. The van der Waals surface area contributed by atoms with Crippen LogP contribution in [0.2, 0.25) is 0 Å². The van der Waals surface area contributed by atoms with Crippen molar-refractivity contribution < 1.29 is 0 Å². The summed E-state index contributed by atoms with van der Waals surface area (Å²) in [6.07, 6.45) is 8.60. The van der Waals surface area contributed by atoms with Crippen molar-refractivity contribution in [3.05, 3.63) is 20.8 Å². The fourth-order valence-electron chi connectivity index (χ4n) is 4.12. The Kier molecular flexibility index (Phi) is 4.66. The summed E-state index contributed by atoms with van der Waals surface area (Å²) in [5, 5.41) is 5.99.